The molecule has 6 heteroatoms. The molecule has 3 aliphatic heterocycles. The van der Waals surface area contributed by atoms with E-state index in [4.69, 9.17) is 9.47 Å². The molecule has 5 rings (SSSR count). The van der Waals surface area contributed by atoms with Crippen LogP contribution < -0.4 is 15.1 Å². The quantitative estimate of drug-likeness (QED) is 0.784. The number of piperazine rings is 1. The number of halogens is 1. The number of hydrogen-bond acceptors (Lipinski definition) is 5. The van der Waals surface area contributed by atoms with E-state index >= 15 is 0 Å². The average Bonchev–Trinajstić information content (AvgIpc) is 3.33. The molecule has 1 N–H and O–H groups in total. The summed E-state index contributed by atoms with van der Waals surface area (Å²) >= 11 is 0. The molecule has 4 fully saturated rings. The molecule has 1 aromatic carbocycles. The third-order valence-electron chi connectivity index (χ3n) is 7.59. The molecule has 0 radical (unpaired) electrons. The van der Waals surface area contributed by atoms with Gasteiger partial charge in [0.05, 0.1) is 5.69 Å². The van der Waals surface area contributed by atoms with Crippen molar-refractivity contribution in [1.29, 1.82) is 0 Å². The van der Waals surface area contributed by atoms with Gasteiger partial charge in [-0.3, -0.25) is 0 Å². The van der Waals surface area contributed by atoms with Crippen molar-refractivity contribution in [2.24, 2.45) is 17.8 Å². The summed E-state index contributed by atoms with van der Waals surface area (Å²) in [6.07, 6.45) is 4.58. The Bertz CT molecular complexity index is 683. The van der Waals surface area contributed by atoms with E-state index in [1.165, 1.54) is 18.5 Å². The van der Waals surface area contributed by atoms with Gasteiger partial charge in [0.25, 0.3) is 0 Å². The first-order valence-electron chi connectivity index (χ1n) is 10.8. The zero-order valence-corrected chi connectivity index (χ0v) is 16.9. The van der Waals surface area contributed by atoms with Gasteiger partial charge in [-0.15, -0.1) is 0 Å². The van der Waals surface area contributed by atoms with Crippen LogP contribution in [0, 0.1) is 23.6 Å². The fraction of sp³-hybridized carbons (Fsp3) is 0.727. The minimum atomic E-state index is -0.109. The van der Waals surface area contributed by atoms with Crippen LogP contribution in [0.15, 0.2) is 18.2 Å². The zero-order chi connectivity index (χ0) is 19.3. The van der Waals surface area contributed by atoms with Crippen LogP contribution >= 0.6 is 0 Å². The predicted octanol–water partition coefficient (Wildman–Crippen LogP) is 2.85. The van der Waals surface area contributed by atoms with E-state index in [1.807, 2.05) is 6.07 Å². The first kappa shape index (κ1) is 18.6. The predicted molar refractivity (Wildman–Crippen MR) is 108 cm³/mol. The number of rotatable bonds is 5. The van der Waals surface area contributed by atoms with Crippen LogP contribution in [-0.4, -0.2) is 58.8 Å². The highest BCUT2D eigenvalue weighted by Crippen LogP contribution is 2.45. The third kappa shape index (κ3) is 3.10. The Kier molecular flexibility index (Phi) is 4.97. The Morgan fingerprint density at radius 3 is 2.29 bits per heavy atom. The monoisotopic (exact) mass is 389 g/mol. The Morgan fingerprint density at radius 1 is 1.04 bits per heavy atom. The van der Waals surface area contributed by atoms with Crippen molar-refractivity contribution in [3.8, 4) is 0 Å². The summed E-state index contributed by atoms with van der Waals surface area (Å²) in [5.41, 5.74) is 1.98. The second kappa shape index (κ2) is 7.47. The van der Waals surface area contributed by atoms with Crippen LogP contribution in [0.1, 0.15) is 25.7 Å². The lowest BCUT2D eigenvalue weighted by Gasteiger charge is -2.38. The minimum absolute atomic E-state index is 0.0885. The fourth-order valence-corrected chi connectivity index (χ4v) is 6.35. The van der Waals surface area contributed by atoms with Crippen molar-refractivity contribution >= 4 is 11.4 Å². The fourth-order valence-electron chi connectivity index (χ4n) is 6.35. The third-order valence-corrected chi connectivity index (χ3v) is 7.59. The number of nitrogens with zero attached hydrogens (tertiary/aromatic N) is 2. The van der Waals surface area contributed by atoms with E-state index in [2.05, 4.69) is 21.2 Å². The Balaban J connectivity index is 1.32. The molecule has 2 bridgehead atoms. The Labute approximate surface area is 167 Å². The van der Waals surface area contributed by atoms with E-state index in [0.717, 1.165) is 44.7 Å². The normalized spacial score (nSPS) is 34.5. The van der Waals surface area contributed by atoms with Gasteiger partial charge in [0.1, 0.15) is 5.82 Å². The maximum absolute atomic E-state index is 14.8. The van der Waals surface area contributed by atoms with E-state index in [-0.39, 0.29) is 12.1 Å². The van der Waals surface area contributed by atoms with Gasteiger partial charge in [-0.25, -0.2) is 4.39 Å². The number of nitrogens with one attached hydrogen (secondary N) is 1. The molecular weight excluding hydrogens is 357 g/mol. The summed E-state index contributed by atoms with van der Waals surface area (Å²) in [4.78, 5) is 4.82. The Morgan fingerprint density at radius 2 is 1.68 bits per heavy atom. The Hall–Kier alpha value is -1.37. The number of benzene rings is 1. The largest absolute Gasteiger partial charge is 0.369 e. The lowest BCUT2D eigenvalue weighted by atomic mass is 10.0. The summed E-state index contributed by atoms with van der Waals surface area (Å²) in [7, 11) is 3.44. The molecule has 5 nitrogen and oxygen atoms in total. The van der Waals surface area contributed by atoms with Crippen molar-refractivity contribution < 1.29 is 13.9 Å². The standard InChI is InChI=1S/C22H32FN3O2/c1-27-22(28-2)14-7-15-12-25(13-16(15)8-14)21-9-17(5-6-20(21)23)26-18-3-4-19(26)11-24-10-18/h5-6,9,14-16,18-19,22,24H,3-4,7-8,10-13H2,1-2H3/t14?,15-,16?,18?,19?/m1/s1. The highest BCUT2D eigenvalue weighted by atomic mass is 19.1. The molecule has 4 aliphatic rings. The molecule has 28 heavy (non-hydrogen) atoms. The first-order chi connectivity index (χ1) is 13.7. The maximum Gasteiger partial charge on any atom is 0.159 e. The lowest BCUT2D eigenvalue weighted by Crippen LogP contribution is -2.52. The molecule has 0 spiro atoms. The van der Waals surface area contributed by atoms with E-state index in [9.17, 15) is 4.39 Å². The maximum atomic E-state index is 14.8. The summed E-state index contributed by atoms with van der Waals surface area (Å²) in [6, 6.07) is 6.86. The van der Waals surface area contributed by atoms with Crippen LogP contribution in [0.5, 0.6) is 0 Å². The molecule has 1 aliphatic carbocycles. The van der Waals surface area contributed by atoms with Crippen molar-refractivity contribution in [3.63, 3.8) is 0 Å². The molecule has 3 saturated heterocycles. The van der Waals surface area contributed by atoms with Gasteiger partial charge in [-0.2, -0.15) is 0 Å². The smallest absolute Gasteiger partial charge is 0.159 e. The van der Waals surface area contributed by atoms with Gasteiger partial charge in [0.2, 0.25) is 0 Å². The first-order valence-corrected chi connectivity index (χ1v) is 10.8. The van der Waals surface area contributed by atoms with Crippen LogP contribution in [0.4, 0.5) is 15.8 Å². The second-order valence-electron chi connectivity index (χ2n) is 9.08. The zero-order valence-electron chi connectivity index (χ0n) is 16.9. The lowest BCUT2D eigenvalue weighted by molar-refractivity contribution is -0.136. The molecule has 4 unspecified atom stereocenters. The van der Waals surface area contributed by atoms with E-state index < -0.39 is 0 Å². The van der Waals surface area contributed by atoms with E-state index in [1.54, 1.807) is 20.3 Å². The summed E-state index contributed by atoms with van der Waals surface area (Å²) in [5, 5.41) is 3.53. The molecule has 154 valence electrons. The summed E-state index contributed by atoms with van der Waals surface area (Å²) < 4.78 is 25.7. The SMILES string of the molecule is COC(OC)C1CC2CN(c3cc(N4C5CCC4CNC5)ccc3F)C[C@H]2C1. The minimum Gasteiger partial charge on any atom is -0.369 e. The molecule has 5 atom stereocenters. The van der Waals surface area contributed by atoms with Crippen molar-refractivity contribution in [2.45, 2.75) is 44.1 Å². The van der Waals surface area contributed by atoms with Gasteiger partial charge in [0, 0.05) is 64.1 Å². The average molecular weight is 390 g/mol. The molecular formula is C22H32FN3O2. The summed E-state index contributed by atoms with van der Waals surface area (Å²) in [5.74, 6) is 1.58. The van der Waals surface area contributed by atoms with Crippen LogP contribution in [-0.2, 0) is 9.47 Å². The topological polar surface area (TPSA) is 37.0 Å². The molecule has 1 saturated carbocycles. The van der Waals surface area contributed by atoms with Gasteiger partial charge in [-0.1, -0.05) is 0 Å². The molecule has 3 heterocycles. The highest BCUT2D eigenvalue weighted by Gasteiger charge is 2.44. The molecule has 1 aromatic rings. The van der Waals surface area contributed by atoms with Crippen LogP contribution in [0.2, 0.25) is 0 Å². The van der Waals surface area contributed by atoms with Crippen molar-refractivity contribution in [1.82, 2.24) is 5.32 Å². The van der Waals surface area contributed by atoms with Gasteiger partial charge in [-0.05, 0) is 55.7 Å². The van der Waals surface area contributed by atoms with Crippen LogP contribution in [0.25, 0.3) is 0 Å². The van der Waals surface area contributed by atoms with Crippen molar-refractivity contribution in [3.05, 3.63) is 24.0 Å². The number of methoxy groups -OCH3 is 2. The van der Waals surface area contributed by atoms with Gasteiger partial charge >= 0.3 is 0 Å². The van der Waals surface area contributed by atoms with E-state index in [0.29, 0.717) is 29.8 Å². The second-order valence-corrected chi connectivity index (χ2v) is 9.08. The highest BCUT2D eigenvalue weighted by molar-refractivity contribution is 5.62. The van der Waals surface area contributed by atoms with Gasteiger partial charge < -0.3 is 24.6 Å². The number of hydrogen-bond donors (Lipinski definition) is 1. The number of ether oxygens (including phenoxy) is 2. The molecule has 0 aromatic heterocycles. The number of anilines is 2. The van der Waals surface area contributed by atoms with Crippen LogP contribution in [0.3, 0.4) is 0 Å². The summed E-state index contributed by atoms with van der Waals surface area (Å²) in [6.45, 7) is 3.96. The van der Waals surface area contributed by atoms with Crippen molar-refractivity contribution in [2.75, 3.05) is 50.2 Å². The number of fused-ring (bicyclic) bond motifs is 3. The van der Waals surface area contributed by atoms with Gasteiger partial charge in [0.15, 0.2) is 6.29 Å². The molecule has 0 amide bonds.